The molecule has 2 aromatic heterocycles. The monoisotopic (exact) mass is 333 g/mol. The lowest BCUT2D eigenvalue weighted by Gasteiger charge is -2.15. The minimum atomic E-state index is -0.590. The van der Waals surface area contributed by atoms with Gasteiger partial charge in [0.15, 0.2) is 5.78 Å². The molecular weight excluding hydrogens is 318 g/mol. The van der Waals surface area contributed by atoms with E-state index in [1.807, 2.05) is 13.0 Å². The first-order chi connectivity index (χ1) is 12.0. The standard InChI is InChI=1S/C20H15NO4/c1-3-25-20(24)15-14-10-11(2)8-9-21(14)17-16(15)18(22)12-6-4-5-7-13(12)19(17)23/h4-10H,3H2,1-2H3. The van der Waals surface area contributed by atoms with Crippen LogP contribution >= 0.6 is 0 Å². The van der Waals surface area contributed by atoms with E-state index in [1.165, 1.54) is 0 Å². The molecule has 3 aromatic rings. The van der Waals surface area contributed by atoms with Gasteiger partial charge in [0.2, 0.25) is 5.78 Å². The number of fused-ring (bicyclic) bond motifs is 4. The average Bonchev–Trinajstić information content (AvgIpc) is 2.94. The molecular formula is C20H15NO4. The Morgan fingerprint density at radius 3 is 2.44 bits per heavy atom. The molecule has 5 nitrogen and oxygen atoms in total. The van der Waals surface area contributed by atoms with Gasteiger partial charge < -0.3 is 9.14 Å². The van der Waals surface area contributed by atoms with Crippen molar-refractivity contribution < 1.29 is 19.1 Å². The molecule has 0 radical (unpaired) electrons. The molecule has 0 unspecified atom stereocenters. The van der Waals surface area contributed by atoms with Gasteiger partial charge in [-0.3, -0.25) is 9.59 Å². The normalized spacial score (nSPS) is 12.9. The molecule has 0 spiro atoms. The number of hydrogen-bond acceptors (Lipinski definition) is 4. The fourth-order valence-corrected chi connectivity index (χ4v) is 3.36. The molecule has 0 fully saturated rings. The number of esters is 1. The van der Waals surface area contributed by atoms with Gasteiger partial charge in [0.1, 0.15) is 5.69 Å². The number of ether oxygens (including phenoxy) is 1. The zero-order valence-electron chi connectivity index (χ0n) is 13.8. The third-order valence-electron chi connectivity index (χ3n) is 4.43. The first-order valence-electron chi connectivity index (χ1n) is 8.04. The van der Waals surface area contributed by atoms with Crippen LogP contribution in [0, 0.1) is 6.92 Å². The van der Waals surface area contributed by atoms with Gasteiger partial charge in [-0.1, -0.05) is 24.3 Å². The van der Waals surface area contributed by atoms with E-state index in [2.05, 4.69) is 0 Å². The molecule has 5 heteroatoms. The van der Waals surface area contributed by atoms with Crippen molar-refractivity contribution in [3.05, 3.63) is 76.1 Å². The van der Waals surface area contributed by atoms with Crippen LogP contribution in [0.5, 0.6) is 0 Å². The minimum Gasteiger partial charge on any atom is -0.462 e. The summed E-state index contributed by atoms with van der Waals surface area (Å²) in [4.78, 5) is 38.7. The highest BCUT2D eigenvalue weighted by Crippen LogP contribution is 2.34. The summed E-state index contributed by atoms with van der Waals surface area (Å²) in [5.74, 6) is -1.18. The number of pyridine rings is 1. The van der Waals surface area contributed by atoms with Crippen LogP contribution in [-0.4, -0.2) is 28.5 Å². The van der Waals surface area contributed by atoms with E-state index in [0.717, 1.165) is 5.56 Å². The molecule has 0 amide bonds. The lowest BCUT2D eigenvalue weighted by molar-refractivity contribution is 0.0526. The van der Waals surface area contributed by atoms with E-state index < -0.39 is 5.97 Å². The van der Waals surface area contributed by atoms with E-state index in [-0.39, 0.29) is 35.0 Å². The molecule has 0 aliphatic heterocycles. The summed E-state index contributed by atoms with van der Waals surface area (Å²) in [5, 5.41) is 0. The Labute approximate surface area is 143 Å². The second kappa shape index (κ2) is 5.41. The highest BCUT2D eigenvalue weighted by molar-refractivity contribution is 6.31. The van der Waals surface area contributed by atoms with Crippen molar-refractivity contribution in [2.45, 2.75) is 13.8 Å². The molecule has 1 aliphatic rings. The Hall–Kier alpha value is -3.21. The van der Waals surface area contributed by atoms with Crippen molar-refractivity contribution in [1.82, 2.24) is 4.40 Å². The predicted octanol–water partition coefficient (Wildman–Crippen LogP) is 3.20. The largest absolute Gasteiger partial charge is 0.462 e. The number of rotatable bonds is 2. The number of aromatic nitrogens is 1. The zero-order valence-corrected chi connectivity index (χ0v) is 13.8. The summed E-state index contributed by atoms with van der Waals surface area (Å²) < 4.78 is 6.77. The highest BCUT2D eigenvalue weighted by atomic mass is 16.5. The maximum atomic E-state index is 13.1. The molecule has 0 saturated carbocycles. The second-order valence-corrected chi connectivity index (χ2v) is 5.98. The van der Waals surface area contributed by atoms with Crippen molar-refractivity contribution in [3.63, 3.8) is 0 Å². The average molecular weight is 333 g/mol. The van der Waals surface area contributed by atoms with Gasteiger partial charge in [0.25, 0.3) is 0 Å². The van der Waals surface area contributed by atoms with Crippen LogP contribution in [0.3, 0.4) is 0 Å². The van der Waals surface area contributed by atoms with Gasteiger partial charge in [0, 0.05) is 17.3 Å². The number of ketones is 2. The van der Waals surface area contributed by atoms with Crippen molar-refractivity contribution in [2.24, 2.45) is 0 Å². The predicted molar refractivity (Wildman–Crippen MR) is 91.4 cm³/mol. The van der Waals surface area contributed by atoms with Gasteiger partial charge in [-0.05, 0) is 31.5 Å². The van der Waals surface area contributed by atoms with Crippen LogP contribution in [0.25, 0.3) is 5.52 Å². The van der Waals surface area contributed by atoms with Crippen LogP contribution in [0.15, 0.2) is 42.6 Å². The number of nitrogens with zero attached hydrogens (tertiary/aromatic N) is 1. The molecule has 0 N–H and O–H groups in total. The van der Waals surface area contributed by atoms with E-state index >= 15 is 0 Å². The smallest absolute Gasteiger partial charge is 0.341 e. The fourth-order valence-electron chi connectivity index (χ4n) is 3.36. The lowest BCUT2D eigenvalue weighted by Crippen LogP contribution is -2.23. The third kappa shape index (κ3) is 2.05. The summed E-state index contributed by atoms with van der Waals surface area (Å²) in [6.07, 6.45) is 1.71. The lowest BCUT2D eigenvalue weighted by atomic mass is 9.86. The summed E-state index contributed by atoms with van der Waals surface area (Å²) in [5.41, 5.74) is 2.62. The van der Waals surface area contributed by atoms with Crippen molar-refractivity contribution >= 4 is 23.1 Å². The highest BCUT2D eigenvalue weighted by Gasteiger charge is 2.38. The first-order valence-corrected chi connectivity index (χ1v) is 8.04. The molecule has 124 valence electrons. The quantitative estimate of drug-likeness (QED) is 0.528. The number of benzene rings is 1. The number of hydrogen-bond donors (Lipinski definition) is 0. The molecule has 4 rings (SSSR count). The van der Waals surface area contributed by atoms with E-state index in [4.69, 9.17) is 4.74 Å². The molecule has 2 heterocycles. The Kier molecular flexibility index (Phi) is 3.32. The molecule has 25 heavy (non-hydrogen) atoms. The number of carbonyl (C=O) groups is 3. The zero-order chi connectivity index (χ0) is 17.7. The van der Waals surface area contributed by atoms with Crippen LogP contribution in [0.2, 0.25) is 0 Å². The number of aryl methyl sites for hydroxylation is 1. The van der Waals surface area contributed by atoms with Gasteiger partial charge in [-0.2, -0.15) is 0 Å². The minimum absolute atomic E-state index is 0.132. The molecule has 1 aromatic carbocycles. The van der Waals surface area contributed by atoms with Gasteiger partial charge in [-0.25, -0.2) is 4.79 Å². The summed E-state index contributed by atoms with van der Waals surface area (Å²) >= 11 is 0. The van der Waals surface area contributed by atoms with E-state index in [9.17, 15) is 14.4 Å². The van der Waals surface area contributed by atoms with Crippen LogP contribution < -0.4 is 0 Å². The second-order valence-electron chi connectivity index (χ2n) is 5.98. The summed E-state index contributed by atoms with van der Waals surface area (Å²) in [7, 11) is 0. The van der Waals surface area contributed by atoms with Crippen LogP contribution in [-0.2, 0) is 4.74 Å². The van der Waals surface area contributed by atoms with Crippen LogP contribution in [0.1, 0.15) is 54.8 Å². The maximum absolute atomic E-state index is 13.1. The van der Waals surface area contributed by atoms with Gasteiger partial charge in [-0.15, -0.1) is 0 Å². The Morgan fingerprint density at radius 1 is 1.08 bits per heavy atom. The van der Waals surface area contributed by atoms with Crippen molar-refractivity contribution in [2.75, 3.05) is 6.61 Å². The van der Waals surface area contributed by atoms with Gasteiger partial charge >= 0.3 is 5.97 Å². The van der Waals surface area contributed by atoms with Gasteiger partial charge in [0.05, 0.1) is 23.3 Å². The van der Waals surface area contributed by atoms with Crippen molar-refractivity contribution in [3.8, 4) is 0 Å². The maximum Gasteiger partial charge on any atom is 0.341 e. The Balaban J connectivity index is 2.13. The third-order valence-corrected chi connectivity index (χ3v) is 4.43. The fraction of sp³-hybridized carbons (Fsp3) is 0.150. The molecule has 0 bridgehead atoms. The molecule has 0 saturated heterocycles. The SMILES string of the molecule is CCOC(=O)c1c2c(n3ccc(C)cc13)C(=O)c1ccccc1C2=O. The molecule has 0 atom stereocenters. The molecule has 1 aliphatic carbocycles. The first kappa shape index (κ1) is 15.3. The van der Waals surface area contributed by atoms with Crippen LogP contribution in [0.4, 0.5) is 0 Å². The number of carbonyl (C=O) groups excluding carboxylic acids is 3. The van der Waals surface area contributed by atoms with E-state index in [1.54, 1.807) is 47.9 Å². The Bertz CT molecular complexity index is 1070. The summed E-state index contributed by atoms with van der Waals surface area (Å²) in [6, 6.07) is 10.3. The summed E-state index contributed by atoms with van der Waals surface area (Å²) in [6.45, 7) is 3.78. The Morgan fingerprint density at radius 2 is 1.76 bits per heavy atom. The van der Waals surface area contributed by atoms with E-state index in [0.29, 0.717) is 16.6 Å². The topological polar surface area (TPSA) is 64.8 Å². The van der Waals surface area contributed by atoms with Crippen molar-refractivity contribution in [1.29, 1.82) is 0 Å².